The minimum atomic E-state index is -0.309. The second kappa shape index (κ2) is 4.81. The Morgan fingerprint density at radius 1 is 1.27 bits per heavy atom. The van der Waals surface area contributed by atoms with Gasteiger partial charge in [0.2, 0.25) is 0 Å². The highest BCUT2D eigenvalue weighted by Crippen LogP contribution is 2.43. The molecule has 1 N–H and O–H groups in total. The topological polar surface area (TPSA) is 32.7 Å². The van der Waals surface area contributed by atoms with Crippen LogP contribution in [0.25, 0.3) is 0 Å². The Hall–Kier alpha value is -0.120. The fourth-order valence-electron chi connectivity index (χ4n) is 3.19. The van der Waals surface area contributed by atoms with Gasteiger partial charge < -0.3 is 9.84 Å². The molecule has 1 unspecified atom stereocenters. The Labute approximate surface area is 92.4 Å². The van der Waals surface area contributed by atoms with E-state index in [4.69, 9.17) is 4.74 Å². The summed E-state index contributed by atoms with van der Waals surface area (Å²) >= 11 is 0. The lowest BCUT2D eigenvalue weighted by molar-refractivity contribution is -0.0597. The maximum absolute atomic E-state index is 9.60. The van der Waals surface area contributed by atoms with Gasteiger partial charge in [0.05, 0.1) is 12.7 Å². The number of nitrogens with zero attached hydrogens (tertiary/aromatic N) is 1. The third-order valence-corrected chi connectivity index (χ3v) is 3.86. The van der Waals surface area contributed by atoms with Crippen LogP contribution in [0.15, 0.2) is 0 Å². The number of methoxy groups -OCH3 is 1. The molecule has 2 aliphatic rings. The zero-order chi connectivity index (χ0) is 10.7. The maximum atomic E-state index is 9.60. The molecule has 88 valence electrons. The van der Waals surface area contributed by atoms with Gasteiger partial charge >= 0.3 is 0 Å². The predicted octanol–water partition coefficient (Wildman–Crippen LogP) is 1.26. The van der Waals surface area contributed by atoms with Crippen molar-refractivity contribution >= 4 is 0 Å². The van der Waals surface area contributed by atoms with Crippen molar-refractivity contribution in [2.45, 2.75) is 38.2 Å². The van der Waals surface area contributed by atoms with Crippen molar-refractivity contribution in [3.05, 3.63) is 0 Å². The zero-order valence-corrected chi connectivity index (χ0v) is 9.74. The summed E-state index contributed by atoms with van der Waals surface area (Å²) < 4.78 is 4.93. The SMILES string of the molecule is COCC(O)CN1CC2(CCCCC2)C1. The molecule has 3 heteroatoms. The van der Waals surface area contributed by atoms with Crippen LogP contribution in [-0.4, -0.2) is 49.5 Å². The summed E-state index contributed by atoms with van der Waals surface area (Å²) in [7, 11) is 1.64. The van der Waals surface area contributed by atoms with E-state index in [1.54, 1.807) is 7.11 Å². The van der Waals surface area contributed by atoms with Crippen molar-refractivity contribution < 1.29 is 9.84 Å². The van der Waals surface area contributed by atoms with Gasteiger partial charge in [0, 0.05) is 26.7 Å². The van der Waals surface area contributed by atoms with Gasteiger partial charge in [-0.25, -0.2) is 0 Å². The Bertz CT molecular complexity index is 194. The van der Waals surface area contributed by atoms with E-state index in [0.29, 0.717) is 12.0 Å². The monoisotopic (exact) mass is 213 g/mol. The van der Waals surface area contributed by atoms with E-state index in [0.717, 1.165) is 6.54 Å². The largest absolute Gasteiger partial charge is 0.389 e. The van der Waals surface area contributed by atoms with E-state index in [-0.39, 0.29) is 6.10 Å². The number of hydrogen-bond acceptors (Lipinski definition) is 3. The quantitative estimate of drug-likeness (QED) is 0.763. The molecular weight excluding hydrogens is 190 g/mol. The third-order valence-electron chi connectivity index (χ3n) is 3.86. The molecule has 15 heavy (non-hydrogen) atoms. The Balaban J connectivity index is 1.68. The Morgan fingerprint density at radius 3 is 2.53 bits per heavy atom. The van der Waals surface area contributed by atoms with Crippen molar-refractivity contribution in [2.24, 2.45) is 5.41 Å². The van der Waals surface area contributed by atoms with E-state index in [1.165, 1.54) is 45.2 Å². The van der Waals surface area contributed by atoms with Crippen LogP contribution < -0.4 is 0 Å². The first-order valence-corrected chi connectivity index (χ1v) is 6.13. The molecular formula is C12H23NO2. The van der Waals surface area contributed by atoms with E-state index in [1.807, 2.05) is 0 Å². The van der Waals surface area contributed by atoms with Gasteiger partial charge in [-0.05, 0) is 18.3 Å². The standard InChI is InChI=1S/C12H23NO2/c1-15-8-11(14)7-13-9-12(10-13)5-3-2-4-6-12/h11,14H,2-10H2,1H3. The number of aliphatic hydroxyl groups is 1. The van der Waals surface area contributed by atoms with Gasteiger partial charge in [0.15, 0.2) is 0 Å². The predicted molar refractivity (Wildman–Crippen MR) is 59.8 cm³/mol. The van der Waals surface area contributed by atoms with Crippen molar-refractivity contribution in [2.75, 3.05) is 33.4 Å². The van der Waals surface area contributed by atoms with Gasteiger partial charge in [-0.1, -0.05) is 19.3 Å². The second-order valence-electron chi connectivity index (χ2n) is 5.34. The number of β-amino-alcohol motifs (C(OH)–C–C–N with tert-alkyl or cyclic N) is 1. The van der Waals surface area contributed by atoms with E-state index >= 15 is 0 Å². The van der Waals surface area contributed by atoms with Crippen LogP contribution in [0.3, 0.4) is 0 Å². The summed E-state index contributed by atoms with van der Waals surface area (Å²) in [5.41, 5.74) is 0.630. The molecule has 1 heterocycles. The summed E-state index contributed by atoms with van der Waals surface area (Å²) in [6.45, 7) is 3.65. The minimum Gasteiger partial charge on any atom is -0.389 e. The Kier molecular flexibility index (Phi) is 3.65. The first-order valence-electron chi connectivity index (χ1n) is 6.13. The number of rotatable bonds is 4. The molecule has 0 aromatic heterocycles. The molecule has 0 aromatic carbocycles. The molecule has 2 rings (SSSR count). The molecule has 1 spiro atoms. The number of hydrogen-bond donors (Lipinski definition) is 1. The summed E-state index contributed by atoms with van der Waals surface area (Å²) in [6, 6.07) is 0. The average Bonchev–Trinajstić information content (AvgIpc) is 2.17. The van der Waals surface area contributed by atoms with Gasteiger partial charge in [-0.15, -0.1) is 0 Å². The Morgan fingerprint density at radius 2 is 1.93 bits per heavy atom. The first-order chi connectivity index (χ1) is 7.24. The van der Waals surface area contributed by atoms with E-state index < -0.39 is 0 Å². The number of likely N-dealkylation sites (tertiary alicyclic amines) is 1. The highest BCUT2D eigenvalue weighted by atomic mass is 16.5. The van der Waals surface area contributed by atoms with Crippen LogP contribution in [-0.2, 0) is 4.74 Å². The molecule has 1 saturated carbocycles. The summed E-state index contributed by atoms with van der Waals surface area (Å²) in [5, 5.41) is 9.60. The number of ether oxygens (including phenoxy) is 1. The lowest BCUT2D eigenvalue weighted by Crippen LogP contribution is -2.58. The van der Waals surface area contributed by atoms with Crippen molar-refractivity contribution in [3.63, 3.8) is 0 Å². The third kappa shape index (κ3) is 2.71. The number of aliphatic hydroxyl groups excluding tert-OH is 1. The van der Waals surface area contributed by atoms with Crippen molar-refractivity contribution in [1.29, 1.82) is 0 Å². The summed E-state index contributed by atoms with van der Waals surface area (Å²) in [4.78, 5) is 2.37. The fourth-order valence-corrected chi connectivity index (χ4v) is 3.19. The van der Waals surface area contributed by atoms with Gasteiger partial charge in [0.1, 0.15) is 0 Å². The average molecular weight is 213 g/mol. The van der Waals surface area contributed by atoms with Crippen molar-refractivity contribution in [1.82, 2.24) is 4.90 Å². The molecule has 0 amide bonds. The summed E-state index contributed by atoms with van der Waals surface area (Å²) in [5.74, 6) is 0. The van der Waals surface area contributed by atoms with Crippen LogP contribution in [0.4, 0.5) is 0 Å². The van der Waals surface area contributed by atoms with Crippen LogP contribution in [0, 0.1) is 5.41 Å². The second-order valence-corrected chi connectivity index (χ2v) is 5.34. The highest BCUT2D eigenvalue weighted by Gasteiger charge is 2.43. The minimum absolute atomic E-state index is 0.309. The molecule has 1 atom stereocenters. The first kappa shape index (κ1) is 11.4. The molecule has 0 radical (unpaired) electrons. The normalized spacial score (nSPS) is 27.6. The molecule has 2 fully saturated rings. The lowest BCUT2D eigenvalue weighted by Gasteiger charge is -2.53. The van der Waals surface area contributed by atoms with Crippen molar-refractivity contribution in [3.8, 4) is 0 Å². The van der Waals surface area contributed by atoms with Gasteiger partial charge in [-0.3, -0.25) is 4.90 Å². The summed E-state index contributed by atoms with van der Waals surface area (Å²) in [6.07, 6.45) is 6.75. The fraction of sp³-hybridized carbons (Fsp3) is 1.00. The van der Waals surface area contributed by atoms with E-state index in [2.05, 4.69) is 4.90 Å². The van der Waals surface area contributed by atoms with Crippen LogP contribution in [0.5, 0.6) is 0 Å². The van der Waals surface area contributed by atoms with Crippen LogP contribution in [0.2, 0.25) is 0 Å². The lowest BCUT2D eigenvalue weighted by atomic mass is 9.68. The zero-order valence-electron chi connectivity index (χ0n) is 9.74. The van der Waals surface area contributed by atoms with E-state index in [9.17, 15) is 5.11 Å². The highest BCUT2D eigenvalue weighted by molar-refractivity contribution is 4.96. The van der Waals surface area contributed by atoms with Gasteiger partial charge in [0.25, 0.3) is 0 Å². The molecule has 1 saturated heterocycles. The smallest absolute Gasteiger partial charge is 0.0900 e. The maximum Gasteiger partial charge on any atom is 0.0900 e. The molecule has 1 aliphatic carbocycles. The molecule has 0 bridgehead atoms. The van der Waals surface area contributed by atoms with Crippen LogP contribution >= 0.6 is 0 Å². The van der Waals surface area contributed by atoms with Gasteiger partial charge in [-0.2, -0.15) is 0 Å². The molecule has 3 nitrogen and oxygen atoms in total. The van der Waals surface area contributed by atoms with Crippen LogP contribution in [0.1, 0.15) is 32.1 Å². The molecule has 1 aliphatic heterocycles. The molecule has 0 aromatic rings.